The molecule has 122 valence electrons. The smallest absolute Gasteiger partial charge is 0.267 e. The molecule has 6 nitrogen and oxygen atoms in total. The molecule has 0 aliphatic heterocycles. The number of hydrogen-bond donors (Lipinski definition) is 0. The zero-order valence-corrected chi connectivity index (χ0v) is 13.5. The van der Waals surface area contributed by atoms with E-state index >= 15 is 0 Å². The van der Waals surface area contributed by atoms with Crippen LogP contribution in [0.4, 0.5) is 15.8 Å². The van der Waals surface area contributed by atoms with E-state index in [0.717, 1.165) is 16.4 Å². The highest BCUT2D eigenvalue weighted by atomic mass is 35.5. The fraction of sp³-hybridized carbons (Fsp3) is 0.143. The van der Waals surface area contributed by atoms with Crippen molar-refractivity contribution in [1.29, 1.82) is 0 Å². The number of nitrogens with zero attached hydrogens (tertiary/aromatic N) is 2. The molecule has 0 radical (unpaired) electrons. The van der Waals surface area contributed by atoms with E-state index in [2.05, 4.69) is 0 Å². The summed E-state index contributed by atoms with van der Waals surface area (Å²) in [6.07, 6.45) is 0. The lowest BCUT2D eigenvalue weighted by Gasteiger charge is -2.23. The van der Waals surface area contributed by atoms with Crippen LogP contribution < -0.4 is 4.31 Å². The molecule has 0 spiro atoms. The van der Waals surface area contributed by atoms with Gasteiger partial charge in [0.25, 0.3) is 15.7 Å². The molecule has 0 heterocycles. The van der Waals surface area contributed by atoms with Crippen LogP contribution in [0.15, 0.2) is 47.4 Å². The van der Waals surface area contributed by atoms with E-state index in [0.29, 0.717) is 0 Å². The molecule has 0 aliphatic carbocycles. The van der Waals surface area contributed by atoms with Crippen molar-refractivity contribution in [3.63, 3.8) is 0 Å². The van der Waals surface area contributed by atoms with Crippen molar-refractivity contribution in [3.05, 3.63) is 63.4 Å². The molecule has 0 N–H and O–H groups in total. The summed E-state index contributed by atoms with van der Waals surface area (Å²) >= 11 is 5.69. The molecule has 0 bridgehead atoms. The van der Waals surface area contributed by atoms with Crippen molar-refractivity contribution in [2.45, 2.75) is 11.8 Å². The van der Waals surface area contributed by atoms with E-state index in [-0.39, 0.29) is 27.8 Å². The SMILES string of the molecule is CCN(c1ccc(F)c(Cl)c1)S(=O)(=O)c1cccc([N+](=O)[O-])c1. The molecular weight excluding hydrogens is 347 g/mol. The first-order chi connectivity index (χ1) is 10.8. The highest BCUT2D eigenvalue weighted by Crippen LogP contribution is 2.28. The monoisotopic (exact) mass is 358 g/mol. The number of halogens is 2. The van der Waals surface area contributed by atoms with Gasteiger partial charge in [-0.2, -0.15) is 0 Å². The lowest BCUT2D eigenvalue weighted by Crippen LogP contribution is -2.30. The molecule has 0 fully saturated rings. The molecular formula is C14H12ClFN2O4S. The number of benzene rings is 2. The summed E-state index contributed by atoms with van der Waals surface area (Å²) in [5, 5.41) is 10.6. The van der Waals surface area contributed by atoms with Crippen LogP contribution in [0.5, 0.6) is 0 Å². The average molecular weight is 359 g/mol. The third-order valence-corrected chi connectivity index (χ3v) is 5.28. The molecule has 23 heavy (non-hydrogen) atoms. The Morgan fingerprint density at radius 1 is 1.26 bits per heavy atom. The fourth-order valence-corrected chi connectivity index (χ4v) is 3.70. The predicted octanol–water partition coefficient (Wildman–Crippen LogP) is 3.60. The number of non-ortho nitro benzene ring substituents is 1. The topological polar surface area (TPSA) is 80.5 Å². The predicted molar refractivity (Wildman–Crippen MR) is 84.7 cm³/mol. The Balaban J connectivity index is 2.53. The Hall–Kier alpha value is -2.19. The van der Waals surface area contributed by atoms with Gasteiger partial charge in [-0.25, -0.2) is 12.8 Å². The van der Waals surface area contributed by atoms with Crippen LogP contribution >= 0.6 is 11.6 Å². The Morgan fingerprint density at radius 3 is 2.52 bits per heavy atom. The van der Waals surface area contributed by atoms with Gasteiger partial charge in [0.15, 0.2) is 0 Å². The van der Waals surface area contributed by atoms with E-state index in [9.17, 15) is 22.9 Å². The van der Waals surface area contributed by atoms with Gasteiger partial charge in [0.1, 0.15) is 5.82 Å². The van der Waals surface area contributed by atoms with Crippen molar-refractivity contribution in [3.8, 4) is 0 Å². The van der Waals surface area contributed by atoms with Crippen molar-refractivity contribution in [1.82, 2.24) is 0 Å². The second kappa shape index (κ2) is 6.51. The highest BCUT2D eigenvalue weighted by Gasteiger charge is 2.25. The quantitative estimate of drug-likeness (QED) is 0.604. The van der Waals surface area contributed by atoms with Crippen molar-refractivity contribution < 1.29 is 17.7 Å². The summed E-state index contributed by atoms with van der Waals surface area (Å²) < 4.78 is 39.7. The summed E-state index contributed by atoms with van der Waals surface area (Å²) in [6.45, 7) is 1.64. The molecule has 2 aromatic carbocycles. The largest absolute Gasteiger partial charge is 0.270 e. The molecule has 0 aliphatic rings. The second-order valence-corrected chi connectivity index (χ2v) is 6.79. The fourth-order valence-electron chi connectivity index (χ4n) is 2.02. The summed E-state index contributed by atoms with van der Waals surface area (Å²) in [7, 11) is -4.04. The van der Waals surface area contributed by atoms with Gasteiger partial charge < -0.3 is 0 Å². The maximum Gasteiger partial charge on any atom is 0.270 e. The van der Waals surface area contributed by atoms with Crippen LogP contribution in [0, 0.1) is 15.9 Å². The van der Waals surface area contributed by atoms with Crippen LogP contribution in [0.2, 0.25) is 5.02 Å². The van der Waals surface area contributed by atoms with Gasteiger partial charge in [0.05, 0.1) is 20.5 Å². The first kappa shape index (κ1) is 17.2. The van der Waals surface area contributed by atoms with Crippen molar-refractivity contribution in [2.24, 2.45) is 0 Å². The molecule has 0 unspecified atom stereocenters. The van der Waals surface area contributed by atoms with E-state index in [4.69, 9.17) is 11.6 Å². The number of nitro groups is 1. The third-order valence-electron chi connectivity index (χ3n) is 3.09. The molecule has 2 aromatic rings. The first-order valence-corrected chi connectivity index (χ1v) is 8.31. The Morgan fingerprint density at radius 2 is 1.96 bits per heavy atom. The Bertz CT molecular complexity index is 858. The van der Waals surface area contributed by atoms with Gasteiger partial charge in [-0.15, -0.1) is 0 Å². The molecule has 2 rings (SSSR count). The van der Waals surface area contributed by atoms with Gasteiger partial charge in [-0.3, -0.25) is 14.4 Å². The Kier molecular flexibility index (Phi) is 4.86. The number of anilines is 1. The van der Waals surface area contributed by atoms with Crippen LogP contribution in [-0.4, -0.2) is 19.9 Å². The zero-order valence-electron chi connectivity index (χ0n) is 11.9. The van der Waals surface area contributed by atoms with Crippen LogP contribution in [0.25, 0.3) is 0 Å². The molecule has 0 aromatic heterocycles. The summed E-state index contributed by atoms with van der Waals surface area (Å²) in [5.41, 5.74) is -0.162. The number of rotatable bonds is 5. The van der Waals surface area contributed by atoms with E-state index in [1.807, 2.05) is 0 Å². The van der Waals surface area contributed by atoms with Gasteiger partial charge in [-0.1, -0.05) is 17.7 Å². The summed E-state index contributed by atoms with van der Waals surface area (Å²) in [5.74, 6) is -0.667. The average Bonchev–Trinajstić information content (AvgIpc) is 2.51. The first-order valence-electron chi connectivity index (χ1n) is 6.49. The van der Waals surface area contributed by atoms with E-state index in [1.54, 1.807) is 6.92 Å². The van der Waals surface area contributed by atoms with E-state index in [1.165, 1.54) is 30.3 Å². The zero-order chi connectivity index (χ0) is 17.2. The number of sulfonamides is 1. The van der Waals surface area contributed by atoms with Gasteiger partial charge in [0, 0.05) is 18.7 Å². The standard InChI is InChI=1S/C14H12ClFN2O4S/c1-2-17(10-6-7-14(16)13(15)9-10)23(21,22)12-5-3-4-11(8-12)18(19)20/h3-9H,2H2,1H3. The van der Waals surface area contributed by atoms with Gasteiger partial charge in [0.2, 0.25) is 0 Å². The molecule has 0 amide bonds. The minimum Gasteiger partial charge on any atom is -0.267 e. The van der Waals surface area contributed by atoms with Crippen molar-refractivity contribution in [2.75, 3.05) is 10.8 Å². The molecule has 0 atom stereocenters. The summed E-state index contributed by atoms with van der Waals surface area (Å²) in [4.78, 5) is 9.91. The summed E-state index contributed by atoms with van der Waals surface area (Å²) in [6, 6.07) is 8.25. The van der Waals surface area contributed by atoms with Gasteiger partial charge in [-0.05, 0) is 31.2 Å². The minimum absolute atomic E-state index is 0.0486. The lowest BCUT2D eigenvalue weighted by atomic mass is 10.3. The third kappa shape index (κ3) is 3.43. The van der Waals surface area contributed by atoms with Gasteiger partial charge >= 0.3 is 0 Å². The van der Waals surface area contributed by atoms with E-state index < -0.39 is 20.8 Å². The normalized spacial score (nSPS) is 11.3. The minimum atomic E-state index is -4.04. The molecule has 0 saturated heterocycles. The highest BCUT2D eigenvalue weighted by molar-refractivity contribution is 7.92. The number of hydrogen-bond acceptors (Lipinski definition) is 4. The molecule has 0 saturated carbocycles. The molecule has 9 heteroatoms. The maximum atomic E-state index is 13.3. The van der Waals surface area contributed by atoms with Crippen LogP contribution in [0.3, 0.4) is 0 Å². The van der Waals surface area contributed by atoms with Crippen molar-refractivity contribution >= 4 is 33.0 Å². The maximum absolute atomic E-state index is 13.3. The van der Waals surface area contributed by atoms with Crippen LogP contribution in [0.1, 0.15) is 6.92 Å². The second-order valence-electron chi connectivity index (χ2n) is 4.52. The van der Waals surface area contributed by atoms with Crippen LogP contribution in [-0.2, 0) is 10.0 Å². The Labute approximate surface area is 137 Å². The lowest BCUT2D eigenvalue weighted by molar-refractivity contribution is -0.385. The number of nitro benzene ring substituents is 1.